The minimum Gasteiger partial charge on any atom is -0.481 e. The second-order valence-corrected chi connectivity index (χ2v) is 6.22. The lowest BCUT2D eigenvalue weighted by molar-refractivity contribution is -0.137. The zero-order chi connectivity index (χ0) is 17.0. The molecule has 0 saturated heterocycles. The van der Waals surface area contributed by atoms with Gasteiger partial charge in [-0.1, -0.05) is 28.1 Å². The van der Waals surface area contributed by atoms with Crippen LogP contribution >= 0.6 is 15.9 Å². The Morgan fingerprint density at radius 2 is 2.13 bits per heavy atom. The van der Waals surface area contributed by atoms with Crippen LogP contribution in [0.3, 0.4) is 0 Å². The van der Waals surface area contributed by atoms with Crippen molar-refractivity contribution in [2.45, 2.75) is 19.9 Å². The zero-order valence-electron chi connectivity index (χ0n) is 13.0. The standard InChI is InChI=1S/C16H18BrN3O3/c1-11-14(10-19(2)18-11)16(23)20(7-6-15(21)22)9-12-4-3-5-13(17)8-12/h3-5,8,10H,6-7,9H2,1-2H3,(H,21,22). The van der Waals surface area contributed by atoms with Crippen molar-refractivity contribution in [3.63, 3.8) is 0 Å². The zero-order valence-corrected chi connectivity index (χ0v) is 14.6. The molecule has 122 valence electrons. The fourth-order valence-corrected chi connectivity index (χ4v) is 2.77. The highest BCUT2D eigenvalue weighted by Gasteiger charge is 2.21. The number of benzene rings is 1. The fraction of sp³-hybridized carbons (Fsp3) is 0.312. The summed E-state index contributed by atoms with van der Waals surface area (Å²) >= 11 is 3.40. The third kappa shape index (κ3) is 4.66. The highest BCUT2D eigenvalue weighted by molar-refractivity contribution is 9.10. The van der Waals surface area contributed by atoms with E-state index in [9.17, 15) is 9.59 Å². The van der Waals surface area contributed by atoms with Crippen LogP contribution < -0.4 is 0 Å². The van der Waals surface area contributed by atoms with Crippen LogP contribution in [0.5, 0.6) is 0 Å². The maximum Gasteiger partial charge on any atom is 0.305 e. The van der Waals surface area contributed by atoms with E-state index in [4.69, 9.17) is 5.11 Å². The Labute approximate surface area is 142 Å². The molecular formula is C16H18BrN3O3. The maximum atomic E-state index is 12.7. The van der Waals surface area contributed by atoms with E-state index in [-0.39, 0.29) is 18.9 Å². The van der Waals surface area contributed by atoms with E-state index >= 15 is 0 Å². The summed E-state index contributed by atoms with van der Waals surface area (Å²) < 4.78 is 2.50. The van der Waals surface area contributed by atoms with E-state index in [1.165, 1.54) is 0 Å². The molecule has 2 rings (SSSR count). The summed E-state index contributed by atoms with van der Waals surface area (Å²) in [5, 5.41) is 13.1. The van der Waals surface area contributed by atoms with Crippen molar-refractivity contribution in [3.8, 4) is 0 Å². The van der Waals surface area contributed by atoms with Gasteiger partial charge in [0.05, 0.1) is 17.7 Å². The minimum absolute atomic E-state index is 0.0982. The van der Waals surface area contributed by atoms with Crippen molar-refractivity contribution in [1.82, 2.24) is 14.7 Å². The molecule has 0 fully saturated rings. The number of halogens is 1. The SMILES string of the molecule is Cc1nn(C)cc1C(=O)N(CCC(=O)O)Cc1cccc(Br)c1. The van der Waals surface area contributed by atoms with Crippen molar-refractivity contribution in [3.05, 3.63) is 51.8 Å². The van der Waals surface area contributed by atoms with Crippen molar-refractivity contribution in [2.75, 3.05) is 6.54 Å². The van der Waals surface area contributed by atoms with Crippen molar-refractivity contribution < 1.29 is 14.7 Å². The number of nitrogens with zero attached hydrogens (tertiary/aromatic N) is 3. The van der Waals surface area contributed by atoms with Gasteiger partial charge >= 0.3 is 5.97 Å². The molecule has 6 nitrogen and oxygen atoms in total. The number of carbonyl (C=O) groups excluding carboxylic acids is 1. The number of carboxylic acids is 1. The van der Waals surface area contributed by atoms with Crippen LogP contribution in [-0.2, 0) is 18.4 Å². The van der Waals surface area contributed by atoms with E-state index in [2.05, 4.69) is 21.0 Å². The monoisotopic (exact) mass is 379 g/mol. The number of amides is 1. The first-order valence-corrected chi connectivity index (χ1v) is 7.92. The first-order valence-electron chi connectivity index (χ1n) is 7.12. The molecule has 1 amide bonds. The topological polar surface area (TPSA) is 75.4 Å². The van der Waals surface area contributed by atoms with Gasteiger partial charge in [-0.2, -0.15) is 5.10 Å². The quantitative estimate of drug-likeness (QED) is 0.836. The first-order chi connectivity index (χ1) is 10.9. The van der Waals surface area contributed by atoms with Gasteiger partial charge in [0.15, 0.2) is 0 Å². The molecule has 0 unspecified atom stereocenters. The van der Waals surface area contributed by atoms with Gasteiger partial charge in [-0.05, 0) is 24.6 Å². The Morgan fingerprint density at radius 1 is 1.39 bits per heavy atom. The smallest absolute Gasteiger partial charge is 0.305 e. The molecule has 0 atom stereocenters. The van der Waals surface area contributed by atoms with Crippen LogP contribution in [0.4, 0.5) is 0 Å². The van der Waals surface area contributed by atoms with E-state index < -0.39 is 5.97 Å². The summed E-state index contributed by atoms with van der Waals surface area (Å²) in [6.07, 6.45) is 1.56. The number of carboxylic acid groups (broad SMARTS) is 1. The van der Waals surface area contributed by atoms with Crippen molar-refractivity contribution in [2.24, 2.45) is 7.05 Å². The molecule has 1 aromatic carbocycles. The van der Waals surface area contributed by atoms with Crippen LogP contribution in [0, 0.1) is 6.92 Å². The number of hydrogen-bond donors (Lipinski definition) is 1. The Bertz CT molecular complexity index is 727. The summed E-state index contributed by atoms with van der Waals surface area (Å²) in [6.45, 7) is 2.26. The van der Waals surface area contributed by atoms with E-state index in [1.54, 1.807) is 29.7 Å². The number of aryl methyl sites for hydroxylation is 2. The van der Waals surface area contributed by atoms with Gasteiger partial charge in [0.2, 0.25) is 0 Å². The lowest BCUT2D eigenvalue weighted by Gasteiger charge is -2.22. The van der Waals surface area contributed by atoms with E-state index in [1.807, 2.05) is 24.3 Å². The second-order valence-electron chi connectivity index (χ2n) is 5.30. The van der Waals surface area contributed by atoms with Crippen LogP contribution in [-0.4, -0.2) is 38.2 Å². The number of carbonyl (C=O) groups is 2. The molecule has 1 heterocycles. The fourth-order valence-electron chi connectivity index (χ4n) is 2.32. The second kappa shape index (κ2) is 7.41. The highest BCUT2D eigenvalue weighted by atomic mass is 79.9. The molecule has 0 radical (unpaired) electrons. The van der Waals surface area contributed by atoms with E-state index in [0.29, 0.717) is 17.8 Å². The van der Waals surface area contributed by atoms with Crippen LogP contribution in [0.15, 0.2) is 34.9 Å². The molecular weight excluding hydrogens is 362 g/mol. The molecule has 0 bridgehead atoms. The Hall–Kier alpha value is -2.15. The molecule has 0 aliphatic rings. The lowest BCUT2D eigenvalue weighted by atomic mass is 10.1. The molecule has 0 saturated carbocycles. The predicted molar refractivity (Wildman–Crippen MR) is 89.1 cm³/mol. The Morgan fingerprint density at radius 3 is 2.70 bits per heavy atom. The molecule has 23 heavy (non-hydrogen) atoms. The lowest BCUT2D eigenvalue weighted by Crippen LogP contribution is -2.32. The summed E-state index contributed by atoms with van der Waals surface area (Å²) in [5.74, 6) is -1.14. The largest absolute Gasteiger partial charge is 0.481 e. The maximum absolute atomic E-state index is 12.7. The van der Waals surface area contributed by atoms with Crippen molar-refractivity contribution in [1.29, 1.82) is 0 Å². The van der Waals surface area contributed by atoms with Crippen LogP contribution in [0.2, 0.25) is 0 Å². The molecule has 0 aliphatic carbocycles. The van der Waals surface area contributed by atoms with Gasteiger partial charge in [-0.3, -0.25) is 14.3 Å². The Kier molecular flexibility index (Phi) is 5.54. The molecule has 0 aliphatic heterocycles. The third-order valence-corrected chi connectivity index (χ3v) is 3.88. The summed E-state index contributed by atoms with van der Waals surface area (Å²) in [6, 6.07) is 7.60. The number of aliphatic carboxylic acids is 1. The summed E-state index contributed by atoms with van der Waals surface area (Å²) in [7, 11) is 1.75. The first kappa shape index (κ1) is 17.2. The minimum atomic E-state index is -0.931. The Balaban J connectivity index is 2.24. The average Bonchev–Trinajstić information content (AvgIpc) is 2.81. The van der Waals surface area contributed by atoms with Gasteiger partial charge in [0.1, 0.15) is 0 Å². The normalized spacial score (nSPS) is 10.6. The number of hydrogen-bond acceptors (Lipinski definition) is 3. The molecule has 1 N–H and O–H groups in total. The number of aromatic nitrogens is 2. The molecule has 1 aromatic heterocycles. The van der Waals surface area contributed by atoms with E-state index in [0.717, 1.165) is 10.0 Å². The van der Waals surface area contributed by atoms with Crippen LogP contribution in [0.1, 0.15) is 28.0 Å². The van der Waals surface area contributed by atoms with Crippen LogP contribution in [0.25, 0.3) is 0 Å². The predicted octanol–water partition coefficient (Wildman–Crippen LogP) is 2.61. The van der Waals surface area contributed by atoms with Gasteiger partial charge in [-0.15, -0.1) is 0 Å². The van der Waals surface area contributed by atoms with Gasteiger partial charge < -0.3 is 10.0 Å². The third-order valence-electron chi connectivity index (χ3n) is 3.39. The summed E-state index contributed by atoms with van der Waals surface area (Å²) in [5.41, 5.74) is 2.06. The van der Waals surface area contributed by atoms with Gasteiger partial charge in [0, 0.05) is 30.8 Å². The van der Waals surface area contributed by atoms with Crippen molar-refractivity contribution >= 4 is 27.8 Å². The number of rotatable bonds is 6. The molecule has 7 heteroatoms. The molecule has 0 spiro atoms. The molecule has 2 aromatic rings. The van der Waals surface area contributed by atoms with Gasteiger partial charge in [-0.25, -0.2) is 0 Å². The van der Waals surface area contributed by atoms with Gasteiger partial charge in [0.25, 0.3) is 5.91 Å². The average molecular weight is 380 g/mol. The highest BCUT2D eigenvalue weighted by Crippen LogP contribution is 2.16. The summed E-state index contributed by atoms with van der Waals surface area (Å²) in [4.78, 5) is 25.2.